The highest BCUT2D eigenvalue weighted by Crippen LogP contribution is 2.29. The maximum atomic E-state index is 12.4. The van der Waals surface area contributed by atoms with E-state index in [-0.39, 0.29) is 5.91 Å². The minimum atomic E-state index is -0.0482. The fraction of sp³-hybridized carbons (Fsp3) is 0.222. The first kappa shape index (κ1) is 16.7. The van der Waals surface area contributed by atoms with Crippen molar-refractivity contribution in [2.75, 3.05) is 25.0 Å². The van der Waals surface area contributed by atoms with Crippen LogP contribution in [-0.2, 0) is 0 Å². The first-order chi connectivity index (χ1) is 11.6. The van der Waals surface area contributed by atoms with Crippen LogP contribution in [0.25, 0.3) is 10.6 Å². The van der Waals surface area contributed by atoms with Gasteiger partial charge in [0.2, 0.25) is 0 Å². The van der Waals surface area contributed by atoms with Crippen LogP contribution in [0, 0.1) is 6.92 Å². The number of hydrogen-bond donors (Lipinski definition) is 1. The standard InChI is InChI=1S/C18H19N3OS2/c1-13-16(24-18(20-13)14-8-11-23-12-14)17(22)19-9-10-21(2)15-6-4-3-5-7-15/h3-8,11-12H,9-10H2,1-2H3,(H,19,22). The van der Waals surface area contributed by atoms with Gasteiger partial charge in [-0.3, -0.25) is 4.79 Å². The number of nitrogens with zero attached hydrogens (tertiary/aromatic N) is 2. The van der Waals surface area contributed by atoms with E-state index < -0.39 is 0 Å². The number of aromatic nitrogens is 1. The van der Waals surface area contributed by atoms with Gasteiger partial charge in [-0.2, -0.15) is 11.3 Å². The van der Waals surface area contributed by atoms with Crippen molar-refractivity contribution in [3.63, 3.8) is 0 Å². The van der Waals surface area contributed by atoms with E-state index in [1.54, 1.807) is 11.3 Å². The van der Waals surface area contributed by atoms with Gasteiger partial charge in [-0.1, -0.05) is 18.2 Å². The molecule has 1 aromatic carbocycles. The van der Waals surface area contributed by atoms with Crippen molar-refractivity contribution in [1.29, 1.82) is 0 Å². The highest BCUT2D eigenvalue weighted by Gasteiger charge is 2.16. The molecule has 0 spiro atoms. The quantitative estimate of drug-likeness (QED) is 0.724. The lowest BCUT2D eigenvalue weighted by Crippen LogP contribution is -2.32. The van der Waals surface area contributed by atoms with Crippen LogP contribution in [0.15, 0.2) is 47.2 Å². The summed E-state index contributed by atoms with van der Waals surface area (Å²) in [6.45, 7) is 3.23. The zero-order valence-electron chi connectivity index (χ0n) is 13.7. The number of amides is 1. The largest absolute Gasteiger partial charge is 0.373 e. The van der Waals surface area contributed by atoms with Crippen molar-refractivity contribution < 1.29 is 4.79 Å². The van der Waals surface area contributed by atoms with E-state index in [9.17, 15) is 4.79 Å². The van der Waals surface area contributed by atoms with Crippen LogP contribution in [0.1, 0.15) is 15.4 Å². The van der Waals surface area contributed by atoms with Crippen molar-refractivity contribution >= 4 is 34.3 Å². The molecule has 0 atom stereocenters. The summed E-state index contributed by atoms with van der Waals surface area (Å²) in [7, 11) is 2.02. The maximum absolute atomic E-state index is 12.4. The molecule has 0 aliphatic rings. The minimum Gasteiger partial charge on any atom is -0.373 e. The molecule has 0 bridgehead atoms. The summed E-state index contributed by atoms with van der Waals surface area (Å²) >= 11 is 3.08. The Hall–Kier alpha value is -2.18. The molecule has 6 heteroatoms. The molecule has 0 aliphatic heterocycles. The predicted molar refractivity (Wildman–Crippen MR) is 102 cm³/mol. The van der Waals surface area contributed by atoms with E-state index in [0.29, 0.717) is 11.4 Å². The van der Waals surface area contributed by atoms with Crippen molar-refractivity contribution in [1.82, 2.24) is 10.3 Å². The molecule has 0 saturated carbocycles. The average Bonchev–Trinajstić information content (AvgIpc) is 3.25. The van der Waals surface area contributed by atoms with Crippen molar-refractivity contribution in [2.45, 2.75) is 6.92 Å². The Morgan fingerprint density at radius 3 is 2.75 bits per heavy atom. The summed E-state index contributed by atoms with van der Waals surface area (Å²) in [4.78, 5) is 19.7. The van der Waals surface area contributed by atoms with Gasteiger partial charge in [-0.05, 0) is 30.5 Å². The van der Waals surface area contributed by atoms with Gasteiger partial charge in [0, 0.05) is 36.8 Å². The van der Waals surface area contributed by atoms with E-state index >= 15 is 0 Å². The summed E-state index contributed by atoms with van der Waals surface area (Å²) in [6, 6.07) is 12.2. The van der Waals surface area contributed by atoms with Crippen LogP contribution in [0.2, 0.25) is 0 Å². The summed E-state index contributed by atoms with van der Waals surface area (Å²) in [5.41, 5.74) is 3.01. The normalized spacial score (nSPS) is 10.6. The molecule has 0 fully saturated rings. The van der Waals surface area contributed by atoms with Crippen LogP contribution in [0.3, 0.4) is 0 Å². The third-order valence-corrected chi connectivity index (χ3v) is 5.59. The summed E-state index contributed by atoms with van der Waals surface area (Å²) < 4.78 is 0. The smallest absolute Gasteiger partial charge is 0.263 e. The molecule has 3 aromatic rings. The molecular formula is C18H19N3OS2. The van der Waals surface area contributed by atoms with Gasteiger partial charge in [0.05, 0.1) is 5.69 Å². The van der Waals surface area contributed by atoms with E-state index in [0.717, 1.165) is 28.5 Å². The predicted octanol–water partition coefficient (Wildman–Crippen LogP) is 4.05. The highest BCUT2D eigenvalue weighted by atomic mass is 32.1. The zero-order chi connectivity index (χ0) is 16.9. The van der Waals surface area contributed by atoms with Crippen molar-refractivity contribution in [3.05, 3.63) is 57.7 Å². The van der Waals surface area contributed by atoms with Crippen LogP contribution in [0.4, 0.5) is 5.69 Å². The number of para-hydroxylation sites is 1. The number of aryl methyl sites for hydroxylation is 1. The number of carbonyl (C=O) groups excluding carboxylic acids is 1. The van der Waals surface area contributed by atoms with E-state index in [4.69, 9.17) is 0 Å². The Labute approximate surface area is 149 Å². The number of thiophene rings is 1. The molecule has 0 radical (unpaired) electrons. The lowest BCUT2D eigenvalue weighted by molar-refractivity contribution is 0.0958. The minimum absolute atomic E-state index is 0.0482. The first-order valence-electron chi connectivity index (χ1n) is 7.69. The molecule has 2 aromatic heterocycles. The topological polar surface area (TPSA) is 45.2 Å². The highest BCUT2D eigenvalue weighted by molar-refractivity contribution is 7.17. The fourth-order valence-electron chi connectivity index (χ4n) is 2.35. The number of likely N-dealkylation sites (N-methyl/N-ethyl adjacent to an activating group) is 1. The molecular weight excluding hydrogens is 338 g/mol. The SMILES string of the molecule is Cc1nc(-c2ccsc2)sc1C(=O)NCCN(C)c1ccccc1. The fourth-order valence-corrected chi connectivity index (χ4v) is 4.04. The number of rotatable bonds is 6. The average molecular weight is 358 g/mol. The van der Waals surface area contributed by atoms with Gasteiger partial charge in [0.1, 0.15) is 9.88 Å². The lowest BCUT2D eigenvalue weighted by atomic mass is 10.3. The van der Waals surface area contributed by atoms with Crippen LogP contribution in [-0.4, -0.2) is 31.0 Å². The zero-order valence-corrected chi connectivity index (χ0v) is 15.3. The number of benzene rings is 1. The van der Waals surface area contributed by atoms with Gasteiger partial charge in [-0.25, -0.2) is 4.98 Å². The van der Waals surface area contributed by atoms with Gasteiger partial charge >= 0.3 is 0 Å². The number of thiazole rings is 1. The second-order valence-corrected chi connectivity index (χ2v) is 7.24. The van der Waals surface area contributed by atoms with Gasteiger partial charge in [-0.15, -0.1) is 11.3 Å². The molecule has 1 N–H and O–H groups in total. The summed E-state index contributed by atoms with van der Waals surface area (Å²) in [5, 5.41) is 7.96. The summed E-state index contributed by atoms with van der Waals surface area (Å²) in [5.74, 6) is -0.0482. The van der Waals surface area contributed by atoms with Gasteiger partial charge in [0.15, 0.2) is 0 Å². The molecule has 3 rings (SSSR count). The maximum Gasteiger partial charge on any atom is 0.263 e. The molecule has 0 saturated heterocycles. The Balaban J connectivity index is 1.58. The van der Waals surface area contributed by atoms with E-state index in [2.05, 4.69) is 32.7 Å². The Bertz CT molecular complexity index is 797. The molecule has 0 aliphatic carbocycles. The Kier molecular flexibility index (Phi) is 5.27. The number of anilines is 1. The first-order valence-corrected chi connectivity index (χ1v) is 9.45. The van der Waals surface area contributed by atoms with Crippen molar-refractivity contribution in [2.24, 2.45) is 0 Å². The van der Waals surface area contributed by atoms with E-state index in [1.807, 2.05) is 43.6 Å². The summed E-state index contributed by atoms with van der Waals surface area (Å²) in [6.07, 6.45) is 0. The van der Waals surface area contributed by atoms with Crippen LogP contribution in [0.5, 0.6) is 0 Å². The Morgan fingerprint density at radius 1 is 1.25 bits per heavy atom. The number of nitrogens with one attached hydrogen (secondary N) is 1. The Morgan fingerprint density at radius 2 is 2.04 bits per heavy atom. The van der Waals surface area contributed by atoms with Crippen LogP contribution < -0.4 is 10.2 Å². The second-order valence-electron chi connectivity index (χ2n) is 5.46. The van der Waals surface area contributed by atoms with Gasteiger partial charge < -0.3 is 10.2 Å². The van der Waals surface area contributed by atoms with Gasteiger partial charge in [0.25, 0.3) is 5.91 Å². The monoisotopic (exact) mass is 357 g/mol. The number of carbonyl (C=O) groups is 1. The third-order valence-electron chi connectivity index (χ3n) is 3.70. The molecule has 0 unspecified atom stereocenters. The molecule has 24 heavy (non-hydrogen) atoms. The van der Waals surface area contributed by atoms with E-state index in [1.165, 1.54) is 11.3 Å². The molecule has 4 nitrogen and oxygen atoms in total. The molecule has 2 heterocycles. The van der Waals surface area contributed by atoms with Crippen LogP contribution >= 0.6 is 22.7 Å². The molecule has 1 amide bonds. The number of hydrogen-bond acceptors (Lipinski definition) is 5. The second kappa shape index (κ2) is 7.59. The molecule has 124 valence electrons. The van der Waals surface area contributed by atoms with Crippen molar-refractivity contribution in [3.8, 4) is 10.6 Å². The third kappa shape index (κ3) is 3.83. The lowest BCUT2D eigenvalue weighted by Gasteiger charge is -2.19.